The van der Waals surface area contributed by atoms with E-state index in [-0.39, 0.29) is 5.41 Å². The standard InChI is InChI=1S/C65H81N3O2S5/c1-9-12-15-18-21-24-39-68-49-42-45(44(4)5)27-29-47(49)48-30-28-46(43-50(48)68)51-31-32-52(71-51)53-33-35-56(72-53)59-61-62(67-75-66-61)60(57-36-34-54(73-57)55-37-38-58(74-55)65(6,7)8)64(70-41-26-23-20-17-14-11-3)63(59)69-40-25-22-19-16-13-10-2/h27-38,42-44H,9-26,39-41H2,1-8H3. The molecule has 0 unspecified atom stereocenters. The van der Waals surface area contributed by atoms with E-state index in [4.69, 9.17) is 18.2 Å². The van der Waals surface area contributed by atoms with Gasteiger partial charge in [-0.05, 0) is 102 Å². The lowest BCUT2D eigenvalue weighted by molar-refractivity contribution is 0.260. The highest BCUT2D eigenvalue weighted by Crippen LogP contribution is 2.55. The Kier molecular flexibility index (Phi) is 19.5. The predicted octanol–water partition coefficient (Wildman–Crippen LogP) is 22.6. The number of nitrogens with zero attached hydrogens (tertiary/aromatic N) is 3. The Labute approximate surface area is 469 Å². The van der Waals surface area contributed by atoms with Crippen molar-refractivity contribution in [1.29, 1.82) is 0 Å². The maximum Gasteiger partial charge on any atom is 0.172 e. The smallest absolute Gasteiger partial charge is 0.172 e. The molecule has 0 radical (unpaired) electrons. The van der Waals surface area contributed by atoms with E-state index in [2.05, 4.69) is 145 Å². The molecule has 75 heavy (non-hydrogen) atoms. The van der Waals surface area contributed by atoms with E-state index in [0.29, 0.717) is 19.1 Å². The summed E-state index contributed by atoms with van der Waals surface area (Å²) in [4.78, 5) is 10.0. The van der Waals surface area contributed by atoms with Crippen molar-refractivity contribution in [2.45, 2.75) is 189 Å². The van der Waals surface area contributed by atoms with Crippen molar-refractivity contribution in [2.24, 2.45) is 0 Å². The van der Waals surface area contributed by atoms with Crippen LogP contribution in [0, 0.1) is 0 Å². The molecule has 9 rings (SSSR count). The molecule has 0 atom stereocenters. The summed E-state index contributed by atoms with van der Waals surface area (Å²) < 4.78 is 27.1. The Morgan fingerprint density at radius 3 is 1.43 bits per heavy atom. The minimum absolute atomic E-state index is 0.105. The molecule has 0 aliphatic carbocycles. The molecule has 398 valence electrons. The van der Waals surface area contributed by atoms with Gasteiger partial charge < -0.3 is 14.0 Å². The number of unbranched alkanes of at least 4 members (excludes halogenated alkanes) is 15. The summed E-state index contributed by atoms with van der Waals surface area (Å²) in [5.41, 5.74) is 9.32. The first-order chi connectivity index (χ1) is 36.6. The topological polar surface area (TPSA) is 49.2 Å². The van der Waals surface area contributed by atoms with Crippen LogP contribution in [0.4, 0.5) is 0 Å². The first-order valence-corrected chi connectivity index (χ1v) is 32.6. The third-order valence-corrected chi connectivity index (χ3v) is 20.6. The van der Waals surface area contributed by atoms with Crippen molar-refractivity contribution in [3.63, 3.8) is 0 Å². The average molecular weight is 1100 g/mol. The number of hydrogen-bond donors (Lipinski definition) is 0. The highest BCUT2D eigenvalue weighted by molar-refractivity contribution is 7.25. The lowest BCUT2D eigenvalue weighted by Gasteiger charge is -2.20. The summed E-state index contributed by atoms with van der Waals surface area (Å²) in [5.74, 6) is 2.12. The molecule has 0 saturated carbocycles. The number of hydrogen-bond acceptors (Lipinski definition) is 9. The molecule has 6 heterocycles. The second-order valence-corrected chi connectivity index (χ2v) is 27.0. The van der Waals surface area contributed by atoms with Crippen LogP contribution < -0.4 is 9.47 Å². The number of rotatable bonds is 29. The van der Waals surface area contributed by atoms with Gasteiger partial charge in [-0.2, -0.15) is 8.75 Å². The van der Waals surface area contributed by atoms with Crippen LogP contribution in [0.1, 0.15) is 187 Å². The van der Waals surface area contributed by atoms with E-state index in [1.54, 1.807) is 0 Å². The van der Waals surface area contributed by atoms with Crippen LogP contribution in [0.25, 0.3) is 83.7 Å². The van der Waals surface area contributed by atoms with Crippen molar-refractivity contribution in [3.8, 4) is 62.3 Å². The Hall–Kier alpha value is -4.32. The van der Waals surface area contributed by atoms with Crippen molar-refractivity contribution in [2.75, 3.05) is 13.2 Å². The molecule has 0 fully saturated rings. The highest BCUT2D eigenvalue weighted by atomic mass is 32.1. The molecule has 0 spiro atoms. The van der Waals surface area contributed by atoms with Crippen LogP contribution >= 0.6 is 57.1 Å². The maximum atomic E-state index is 7.14. The minimum Gasteiger partial charge on any atom is -0.489 e. The fourth-order valence-electron chi connectivity index (χ4n) is 10.4. The van der Waals surface area contributed by atoms with Crippen LogP contribution in [0.15, 0.2) is 84.9 Å². The number of ether oxygens (including phenoxy) is 2. The normalized spacial score (nSPS) is 12.2. The molecule has 0 N–H and O–H groups in total. The zero-order valence-electron chi connectivity index (χ0n) is 46.2. The van der Waals surface area contributed by atoms with E-state index in [1.165, 1.54) is 164 Å². The van der Waals surface area contributed by atoms with Gasteiger partial charge in [-0.15, -0.1) is 45.3 Å². The summed E-state index contributed by atoms with van der Waals surface area (Å²) >= 11 is 8.73. The first kappa shape index (κ1) is 55.4. The Bertz CT molecular complexity index is 3240. The van der Waals surface area contributed by atoms with E-state index in [1.807, 2.05) is 45.3 Å². The predicted molar refractivity (Wildman–Crippen MR) is 333 cm³/mol. The largest absolute Gasteiger partial charge is 0.489 e. The molecule has 10 heteroatoms. The number of fused-ring (bicyclic) bond motifs is 4. The van der Waals surface area contributed by atoms with Crippen molar-refractivity contribution in [1.82, 2.24) is 13.3 Å². The SMILES string of the molecule is CCCCCCCCOc1c(OCCCCCCCC)c(-c2ccc(-c3ccc(C(C)(C)C)s3)s2)c2nsnc2c1-c1ccc(-c2ccc(-c3ccc4c5ccc(C(C)C)cc5n(CCCCCCCC)c4c3)s2)s1. The van der Waals surface area contributed by atoms with E-state index in [0.717, 1.165) is 75.6 Å². The second-order valence-electron chi connectivity index (χ2n) is 22.1. The monoisotopic (exact) mass is 1100 g/mol. The van der Waals surface area contributed by atoms with Gasteiger partial charge in [0.25, 0.3) is 0 Å². The third kappa shape index (κ3) is 13.2. The summed E-state index contributed by atoms with van der Waals surface area (Å²) in [6.07, 6.45) is 22.1. The lowest BCUT2D eigenvalue weighted by atomic mass is 9.95. The molecule has 3 aromatic carbocycles. The van der Waals surface area contributed by atoms with Gasteiger partial charge in [0.05, 0.1) is 36.1 Å². The molecule has 6 aromatic heterocycles. The number of aryl methyl sites for hydroxylation is 1. The summed E-state index contributed by atoms with van der Waals surface area (Å²) in [5, 5.41) is 2.71. The third-order valence-electron chi connectivity index (χ3n) is 14.8. The fourth-order valence-corrected chi connectivity index (χ4v) is 15.3. The minimum atomic E-state index is 0.105. The molecule has 0 amide bonds. The Morgan fingerprint density at radius 1 is 0.467 bits per heavy atom. The quantitative estimate of drug-likeness (QED) is 0.0439. The van der Waals surface area contributed by atoms with Crippen LogP contribution in [0.2, 0.25) is 0 Å². The van der Waals surface area contributed by atoms with Crippen LogP contribution in [-0.4, -0.2) is 26.5 Å². The molecule has 0 aliphatic heterocycles. The molecule has 0 aliphatic rings. The van der Waals surface area contributed by atoms with Gasteiger partial charge in [0.15, 0.2) is 11.5 Å². The van der Waals surface area contributed by atoms with E-state index < -0.39 is 0 Å². The Balaban J connectivity index is 1.08. The van der Waals surface area contributed by atoms with Gasteiger partial charge in [-0.25, -0.2) is 0 Å². The maximum absolute atomic E-state index is 7.14. The van der Waals surface area contributed by atoms with Crippen LogP contribution in [0.5, 0.6) is 11.5 Å². The Morgan fingerprint density at radius 2 is 0.907 bits per heavy atom. The summed E-state index contributed by atoms with van der Waals surface area (Å²) in [7, 11) is 0. The van der Waals surface area contributed by atoms with Gasteiger partial charge in [-0.1, -0.05) is 176 Å². The summed E-state index contributed by atoms with van der Waals surface area (Å²) in [6, 6.07) is 32.7. The number of aromatic nitrogens is 3. The van der Waals surface area contributed by atoms with E-state index >= 15 is 0 Å². The highest BCUT2D eigenvalue weighted by Gasteiger charge is 2.30. The van der Waals surface area contributed by atoms with Gasteiger partial charge in [0, 0.05) is 67.4 Å². The number of benzene rings is 3. The molecule has 0 bridgehead atoms. The van der Waals surface area contributed by atoms with Crippen LogP contribution in [0.3, 0.4) is 0 Å². The van der Waals surface area contributed by atoms with Gasteiger partial charge in [-0.3, -0.25) is 0 Å². The number of thiophene rings is 4. The van der Waals surface area contributed by atoms with Gasteiger partial charge >= 0.3 is 0 Å². The van der Waals surface area contributed by atoms with Crippen molar-refractivity contribution < 1.29 is 9.47 Å². The summed E-state index contributed by atoms with van der Waals surface area (Å²) in [6.45, 7) is 20.7. The van der Waals surface area contributed by atoms with Crippen molar-refractivity contribution in [3.05, 3.63) is 95.4 Å². The van der Waals surface area contributed by atoms with E-state index in [9.17, 15) is 0 Å². The average Bonchev–Trinajstić information content (AvgIpc) is 4.28. The fraction of sp³-hybridized carbons (Fsp3) is 0.477. The first-order valence-electron chi connectivity index (χ1n) is 28.6. The molecule has 0 saturated heterocycles. The van der Waals surface area contributed by atoms with Crippen molar-refractivity contribution >= 4 is 89.9 Å². The second kappa shape index (κ2) is 26.4. The van der Waals surface area contributed by atoms with Crippen LogP contribution in [-0.2, 0) is 12.0 Å². The van der Waals surface area contributed by atoms with Gasteiger partial charge in [0.1, 0.15) is 11.0 Å². The zero-order chi connectivity index (χ0) is 52.3. The molecular weight excluding hydrogens is 1020 g/mol. The lowest BCUT2D eigenvalue weighted by Crippen LogP contribution is -2.07. The van der Waals surface area contributed by atoms with Gasteiger partial charge in [0.2, 0.25) is 0 Å². The zero-order valence-corrected chi connectivity index (χ0v) is 50.3. The molecule has 9 aromatic rings. The molecular formula is C65H81N3O2S5. The molecule has 5 nitrogen and oxygen atoms in total.